The van der Waals surface area contributed by atoms with Crippen LogP contribution in [-0.4, -0.2) is 49.9 Å². The number of carbonyl (C=O) groups is 1. The van der Waals surface area contributed by atoms with E-state index in [-0.39, 0.29) is 47.6 Å². The van der Waals surface area contributed by atoms with E-state index in [2.05, 4.69) is 46.0 Å². The Morgan fingerprint density at radius 3 is 2.59 bits per heavy atom. The highest BCUT2D eigenvalue weighted by molar-refractivity contribution is 6.74. The molecule has 1 heterocycles. The maximum atomic E-state index is 12.2. The number of ether oxygens (including phenoxy) is 2. The summed E-state index contributed by atoms with van der Waals surface area (Å²) in [5, 5.41) is 11.8. The van der Waals surface area contributed by atoms with Gasteiger partial charge in [0.05, 0.1) is 19.1 Å². The van der Waals surface area contributed by atoms with Crippen molar-refractivity contribution in [2.24, 2.45) is 23.7 Å². The first kappa shape index (κ1) is 19.6. The number of epoxide rings is 1. The molecular weight excluding hydrogens is 360 g/mol. The summed E-state index contributed by atoms with van der Waals surface area (Å²) < 4.78 is 18.0. The van der Waals surface area contributed by atoms with E-state index in [1.165, 1.54) is 0 Å². The van der Waals surface area contributed by atoms with E-state index in [0.717, 1.165) is 6.42 Å². The summed E-state index contributed by atoms with van der Waals surface area (Å²) >= 11 is 0. The van der Waals surface area contributed by atoms with Gasteiger partial charge in [0.15, 0.2) is 8.32 Å². The van der Waals surface area contributed by atoms with Crippen LogP contribution in [-0.2, 0) is 18.7 Å². The van der Waals surface area contributed by atoms with Crippen LogP contribution < -0.4 is 0 Å². The predicted molar refractivity (Wildman–Crippen MR) is 105 cm³/mol. The number of allylic oxidation sites excluding steroid dienone is 2. The fourth-order valence-electron chi connectivity index (χ4n) is 5.52. The first-order valence-electron chi connectivity index (χ1n) is 10.4. The number of aliphatic hydroxyl groups is 1. The second-order valence-electron chi connectivity index (χ2n) is 10.4. The monoisotopic (exact) mass is 394 g/mol. The number of rotatable bonds is 5. The standard InChI is InChI=1S/C21H34O5Si/c1-7-24-14(22)11-21(23)16-13-9-8-12(10-13)15(16)17(18-19(21)25-18)26-27(5,6)20(2,3)4/h8-9,12-13,15-19,23H,7,10-11H2,1-6H3/t12-,13+,15-,16+,17-,18+,19+,21+/m1/s1. The predicted octanol–water partition coefficient (Wildman–Crippen LogP) is 3.28. The lowest BCUT2D eigenvalue weighted by molar-refractivity contribution is -0.158. The maximum absolute atomic E-state index is 12.2. The number of hydrogen-bond donors (Lipinski definition) is 1. The molecule has 1 aliphatic heterocycles. The van der Waals surface area contributed by atoms with Crippen molar-refractivity contribution in [2.45, 2.75) is 82.6 Å². The van der Waals surface area contributed by atoms with Crippen LogP contribution in [0, 0.1) is 23.7 Å². The molecule has 27 heavy (non-hydrogen) atoms. The normalized spacial score (nSPS) is 44.8. The van der Waals surface area contributed by atoms with E-state index >= 15 is 0 Å². The first-order valence-corrected chi connectivity index (χ1v) is 13.3. The molecule has 3 aliphatic carbocycles. The Morgan fingerprint density at radius 1 is 1.30 bits per heavy atom. The van der Waals surface area contributed by atoms with Gasteiger partial charge in [0, 0.05) is 5.92 Å². The molecule has 0 spiro atoms. The average Bonchev–Trinajstić information content (AvgIpc) is 3.10. The van der Waals surface area contributed by atoms with Gasteiger partial charge in [0.25, 0.3) is 0 Å². The first-order chi connectivity index (χ1) is 12.5. The lowest BCUT2D eigenvalue weighted by Crippen LogP contribution is -2.60. The van der Waals surface area contributed by atoms with Crippen molar-refractivity contribution < 1.29 is 23.8 Å². The van der Waals surface area contributed by atoms with Gasteiger partial charge in [-0.15, -0.1) is 0 Å². The number of carbonyl (C=O) groups excluding carboxylic acids is 1. The summed E-state index contributed by atoms with van der Waals surface area (Å²) in [6, 6.07) is 0. The fourth-order valence-corrected chi connectivity index (χ4v) is 6.85. The van der Waals surface area contributed by atoms with E-state index in [1.807, 2.05) is 0 Å². The topological polar surface area (TPSA) is 68.3 Å². The molecule has 2 saturated carbocycles. The quantitative estimate of drug-likeness (QED) is 0.335. The minimum atomic E-state index is -1.96. The van der Waals surface area contributed by atoms with Crippen molar-refractivity contribution in [1.82, 2.24) is 0 Å². The highest BCUT2D eigenvalue weighted by Crippen LogP contribution is 2.64. The molecule has 152 valence electrons. The Hall–Kier alpha value is -0.693. The second kappa shape index (κ2) is 6.15. The van der Waals surface area contributed by atoms with E-state index in [1.54, 1.807) is 6.92 Å². The van der Waals surface area contributed by atoms with Crippen molar-refractivity contribution in [3.8, 4) is 0 Å². The van der Waals surface area contributed by atoms with Crippen LogP contribution >= 0.6 is 0 Å². The van der Waals surface area contributed by atoms with Crippen LogP contribution in [0.25, 0.3) is 0 Å². The summed E-state index contributed by atoms with van der Waals surface area (Å²) in [5.74, 6) is 0.611. The van der Waals surface area contributed by atoms with Gasteiger partial charge >= 0.3 is 5.97 Å². The Morgan fingerprint density at radius 2 is 1.96 bits per heavy atom. The van der Waals surface area contributed by atoms with Gasteiger partial charge in [-0.1, -0.05) is 32.9 Å². The van der Waals surface area contributed by atoms with Crippen molar-refractivity contribution >= 4 is 14.3 Å². The van der Waals surface area contributed by atoms with Gasteiger partial charge in [-0.05, 0) is 49.2 Å². The second-order valence-corrected chi connectivity index (χ2v) is 15.1. The van der Waals surface area contributed by atoms with Crippen molar-refractivity contribution in [2.75, 3.05) is 6.61 Å². The Labute approximate surface area is 163 Å². The summed E-state index contributed by atoms with van der Waals surface area (Å²) in [6.45, 7) is 13.4. The van der Waals surface area contributed by atoms with Crippen LogP contribution in [0.4, 0.5) is 0 Å². The third-order valence-electron chi connectivity index (χ3n) is 7.79. The van der Waals surface area contributed by atoms with Crippen molar-refractivity contribution in [3.63, 3.8) is 0 Å². The third kappa shape index (κ3) is 2.95. The molecule has 1 saturated heterocycles. The van der Waals surface area contributed by atoms with Crippen LogP contribution in [0.5, 0.6) is 0 Å². The van der Waals surface area contributed by atoms with E-state index < -0.39 is 13.9 Å². The van der Waals surface area contributed by atoms with Gasteiger partial charge in [-0.2, -0.15) is 0 Å². The summed E-state index contributed by atoms with van der Waals surface area (Å²) in [7, 11) is -1.96. The largest absolute Gasteiger partial charge is 0.466 e. The SMILES string of the molecule is CCOC(=O)C[C@]1(O)[C@@H]2[C@H]([C@@H](O[Si](C)(C)C(C)(C)C)[C@@H]3O[C@@H]31)[C@@H]1C=C[C@H]2C1. The van der Waals surface area contributed by atoms with Crippen molar-refractivity contribution in [3.05, 3.63) is 12.2 Å². The molecule has 2 bridgehead atoms. The molecule has 0 amide bonds. The van der Waals surface area contributed by atoms with Crippen LogP contribution in [0.1, 0.15) is 40.5 Å². The molecular formula is C21H34O5Si. The molecule has 6 heteroatoms. The third-order valence-corrected chi connectivity index (χ3v) is 12.3. The summed E-state index contributed by atoms with van der Waals surface area (Å²) in [5.41, 5.74) is -1.14. The minimum absolute atomic E-state index is 0.00965. The van der Waals surface area contributed by atoms with Gasteiger partial charge in [0.1, 0.15) is 17.8 Å². The smallest absolute Gasteiger partial charge is 0.308 e. The zero-order valence-electron chi connectivity index (χ0n) is 17.4. The Balaban J connectivity index is 1.63. The van der Waals surface area contributed by atoms with E-state index in [0.29, 0.717) is 18.4 Å². The highest BCUT2D eigenvalue weighted by Gasteiger charge is 2.73. The van der Waals surface area contributed by atoms with E-state index in [9.17, 15) is 9.90 Å². The minimum Gasteiger partial charge on any atom is -0.466 e. The molecule has 8 atom stereocenters. The number of esters is 1. The molecule has 4 aliphatic rings. The lowest BCUT2D eigenvalue weighted by Gasteiger charge is -2.49. The molecule has 1 N–H and O–H groups in total. The molecule has 3 fully saturated rings. The summed E-state index contributed by atoms with van der Waals surface area (Å²) in [4.78, 5) is 12.2. The zero-order chi connectivity index (χ0) is 19.8. The molecule has 0 radical (unpaired) electrons. The molecule has 0 aromatic heterocycles. The summed E-state index contributed by atoms with van der Waals surface area (Å²) in [6.07, 6.45) is 5.20. The maximum Gasteiger partial charge on any atom is 0.308 e. The fraction of sp³-hybridized carbons (Fsp3) is 0.857. The molecule has 0 aromatic carbocycles. The molecule has 5 nitrogen and oxygen atoms in total. The van der Waals surface area contributed by atoms with Gasteiger partial charge in [0.2, 0.25) is 0 Å². The molecule has 0 aromatic rings. The number of hydrogen-bond acceptors (Lipinski definition) is 5. The molecule has 4 rings (SSSR count). The van der Waals surface area contributed by atoms with Gasteiger partial charge < -0.3 is 19.0 Å². The molecule has 0 unspecified atom stereocenters. The van der Waals surface area contributed by atoms with Gasteiger partial charge in [-0.3, -0.25) is 4.79 Å². The average molecular weight is 395 g/mol. The highest BCUT2D eigenvalue weighted by atomic mass is 28.4. The van der Waals surface area contributed by atoms with Crippen LogP contribution in [0.2, 0.25) is 18.1 Å². The van der Waals surface area contributed by atoms with E-state index in [4.69, 9.17) is 13.9 Å². The van der Waals surface area contributed by atoms with Crippen molar-refractivity contribution in [1.29, 1.82) is 0 Å². The van der Waals surface area contributed by atoms with Crippen LogP contribution in [0.15, 0.2) is 12.2 Å². The Bertz CT molecular complexity index is 653. The Kier molecular flexibility index (Phi) is 4.47. The van der Waals surface area contributed by atoms with Gasteiger partial charge in [-0.25, -0.2) is 0 Å². The zero-order valence-corrected chi connectivity index (χ0v) is 18.4. The lowest BCUT2D eigenvalue weighted by atomic mass is 9.62. The number of fused-ring (bicyclic) bond motifs is 6. The van der Waals surface area contributed by atoms with Crippen LogP contribution in [0.3, 0.4) is 0 Å².